The Morgan fingerprint density at radius 1 is 1.36 bits per heavy atom. The number of hydrogen-bond donors (Lipinski definition) is 1. The standard InChI is InChI=1S/C9H21NO/c1-4-6-7-9(3,8-10)11-5-2/h4-8,10H2,1-3H3. The van der Waals surface area contributed by atoms with Gasteiger partial charge in [-0.2, -0.15) is 0 Å². The van der Waals surface area contributed by atoms with Gasteiger partial charge in [-0.3, -0.25) is 0 Å². The number of ether oxygens (including phenoxy) is 1. The first kappa shape index (κ1) is 10.9. The first-order valence-corrected chi connectivity index (χ1v) is 4.52. The predicted molar refractivity (Wildman–Crippen MR) is 48.6 cm³/mol. The lowest BCUT2D eigenvalue weighted by Gasteiger charge is -2.27. The van der Waals surface area contributed by atoms with Gasteiger partial charge in [0.2, 0.25) is 0 Å². The molecule has 0 bridgehead atoms. The Balaban J connectivity index is 3.68. The highest BCUT2D eigenvalue weighted by atomic mass is 16.5. The minimum Gasteiger partial charge on any atom is -0.374 e. The average Bonchev–Trinajstić information content (AvgIpc) is 2.02. The molecule has 1 unspecified atom stereocenters. The topological polar surface area (TPSA) is 35.2 Å². The Bertz CT molecular complexity index is 95.6. The number of nitrogens with two attached hydrogens (primary N) is 1. The molecule has 0 aliphatic heterocycles. The molecule has 0 aromatic rings. The molecule has 0 saturated carbocycles. The van der Waals surface area contributed by atoms with Crippen molar-refractivity contribution in [3.05, 3.63) is 0 Å². The van der Waals surface area contributed by atoms with E-state index in [4.69, 9.17) is 10.5 Å². The molecule has 68 valence electrons. The average molecular weight is 159 g/mol. The van der Waals surface area contributed by atoms with Gasteiger partial charge >= 0.3 is 0 Å². The molecule has 1 atom stereocenters. The molecule has 0 spiro atoms. The zero-order valence-corrected chi connectivity index (χ0v) is 8.02. The smallest absolute Gasteiger partial charge is 0.0776 e. The number of rotatable bonds is 6. The van der Waals surface area contributed by atoms with E-state index in [1.807, 2.05) is 6.92 Å². The monoisotopic (exact) mass is 159 g/mol. The van der Waals surface area contributed by atoms with Gasteiger partial charge in [0, 0.05) is 13.2 Å². The summed E-state index contributed by atoms with van der Waals surface area (Å²) in [6.07, 6.45) is 3.49. The van der Waals surface area contributed by atoms with Crippen molar-refractivity contribution < 1.29 is 4.74 Å². The summed E-state index contributed by atoms with van der Waals surface area (Å²) in [7, 11) is 0. The minimum atomic E-state index is -0.0786. The Hall–Kier alpha value is -0.0800. The van der Waals surface area contributed by atoms with E-state index in [-0.39, 0.29) is 5.60 Å². The van der Waals surface area contributed by atoms with Crippen LogP contribution in [-0.2, 0) is 4.74 Å². The van der Waals surface area contributed by atoms with E-state index < -0.39 is 0 Å². The van der Waals surface area contributed by atoms with Gasteiger partial charge in [0.1, 0.15) is 0 Å². The molecule has 0 aromatic heterocycles. The summed E-state index contributed by atoms with van der Waals surface area (Å²) in [6, 6.07) is 0. The molecule has 2 heteroatoms. The van der Waals surface area contributed by atoms with Crippen LogP contribution in [0.25, 0.3) is 0 Å². The highest BCUT2D eigenvalue weighted by Gasteiger charge is 2.20. The van der Waals surface area contributed by atoms with Crippen molar-refractivity contribution in [2.24, 2.45) is 5.73 Å². The molecule has 0 heterocycles. The van der Waals surface area contributed by atoms with Crippen molar-refractivity contribution in [2.45, 2.75) is 45.6 Å². The van der Waals surface area contributed by atoms with Crippen molar-refractivity contribution in [3.63, 3.8) is 0 Å². The van der Waals surface area contributed by atoms with Crippen LogP contribution in [-0.4, -0.2) is 18.8 Å². The highest BCUT2D eigenvalue weighted by Crippen LogP contribution is 2.16. The second-order valence-electron chi connectivity index (χ2n) is 3.19. The molecular weight excluding hydrogens is 138 g/mol. The van der Waals surface area contributed by atoms with Gasteiger partial charge in [0.25, 0.3) is 0 Å². The van der Waals surface area contributed by atoms with Gasteiger partial charge in [-0.25, -0.2) is 0 Å². The largest absolute Gasteiger partial charge is 0.374 e. The first-order chi connectivity index (χ1) is 5.18. The summed E-state index contributed by atoms with van der Waals surface area (Å²) >= 11 is 0. The SMILES string of the molecule is CCCCC(C)(CN)OCC. The molecule has 0 amide bonds. The molecule has 0 fully saturated rings. The lowest BCUT2D eigenvalue weighted by atomic mass is 9.99. The summed E-state index contributed by atoms with van der Waals surface area (Å²) in [6.45, 7) is 7.67. The van der Waals surface area contributed by atoms with Crippen molar-refractivity contribution in [2.75, 3.05) is 13.2 Å². The second kappa shape index (κ2) is 5.56. The van der Waals surface area contributed by atoms with E-state index in [1.165, 1.54) is 12.8 Å². The van der Waals surface area contributed by atoms with Crippen LogP contribution in [0, 0.1) is 0 Å². The first-order valence-electron chi connectivity index (χ1n) is 4.52. The maximum atomic E-state index is 5.61. The third-order valence-corrected chi connectivity index (χ3v) is 1.98. The molecule has 2 nitrogen and oxygen atoms in total. The third-order valence-electron chi connectivity index (χ3n) is 1.98. The fourth-order valence-corrected chi connectivity index (χ4v) is 1.13. The maximum absolute atomic E-state index is 5.61. The van der Waals surface area contributed by atoms with Crippen molar-refractivity contribution in [3.8, 4) is 0 Å². The zero-order chi connectivity index (χ0) is 8.74. The third kappa shape index (κ3) is 4.38. The van der Waals surface area contributed by atoms with Crippen LogP contribution in [0.15, 0.2) is 0 Å². The van der Waals surface area contributed by atoms with Crippen molar-refractivity contribution in [1.29, 1.82) is 0 Å². The summed E-state index contributed by atoms with van der Waals surface area (Å²) < 4.78 is 5.56. The highest BCUT2D eigenvalue weighted by molar-refractivity contribution is 4.75. The quantitative estimate of drug-likeness (QED) is 0.642. The van der Waals surface area contributed by atoms with E-state index in [1.54, 1.807) is 0 Å². The zero-order valence-electron chi connectivity index (χ0n) is 8.02. The van der Waals surface area contributed by atoms with E-state index in [2.05, 4.69) is 13.8 Å². The molecule has 11 heavy (non-hydrogen) atoms. The lowest BCUT2D eigenvalue weighted by Crippen LogP contribution is -2.37. The predicted octanol–water partition coefficient (Wildman–Crippen LogP) is 1.93. The molecule has 0 aliphatic rings. The van der Waals surface area contributed by atoms with E-state index in [0.717, 1.165) is 13.0 Å². The molecule has 2 N–H and O–H groups in total. The fraction of sp³-hybridized carbons (Fsp3) is 1.00. The number of hydrogen-bond acceptors (Lipinski definition) is 2. The summed E-state index contributed by atoms with van der Waals surface area (Å²) in [5, 5.41) is 0. The molecule has 0 aromatic carbocycles. The summed E-state index contributed by atoms with van der Waals surface area (Å²) in [4.78, 5) is 0. The molecule has 0 radical (unpaired) electrons. The summed E-state index contributed by atoms with van der Waals surface area (Å²) in [5.74, 6) is 0. The van der Waals surface area contributed by atoms with Crippen LogP contribution in [0.3, 0.4) is 0 Å². The van der Waals surface area contributed by atoms with Crippen LogP contribution >= 0.6 is 0 Å². The van der Waals surface area contributed by atoms with Crippen LogP contribution in [0.5, 0.6) is 0 Å². The Kier molecular flexibility index (Phi) is 5.51. The van der Waals surface area contributed by atoms with Crippen molar-refractivity contribution >= 4 is 0 Å². The Morgan fingerprint density at radius 3 is 2.36 bits per heavy atom. The fourth-order valence-electron chi connectivity index (χ4n) is 1.13. The minimum absolute atomic E-state index is 0.0786. The van der Waals surface area contributed by atoms with Crippen LogP contribution in [0.2, 0.25) is 0 Å². The normalized spacial score (nSPS) is 16.4. The van der Waals surface area contributed by atoms with Crippen molar-refractivity contribution in [1.82, 2.24) is 0 Å². The second-order valence-corrected chi connectivity index (χ2v) is 3.19. The molecule has 0 aliphatic carbocycles. The van der Waals surface area contributed by atoms with Gasteiger partial charge in [-0.1, -0.05) is 19.8 Å². The van der Waals surface area contributed by atoms with Crippen LogP contribution in [0.1, 0.15) is 40.0 Å². The molecule has 0 saturated heterocycles. The van der Waals surface area contributed by atoms with Crippen LogP contribution < -0.4 is 5.73 Å². The Labute approximate surface area is 70.1 Å². The number of unbranched alkanes of at least 4 members (excludes halogenated alkanes) is 1. The van der Waals surface area contributed by atoms with E-state index in [0.29, 0.717) is 6.54 Å². The summed E-state index contributed by atoms with van der Waals surface area (Å²) in [5.41, 5.74) is 5.53. The van der Waals surface area contributed by atoms with E-state index in [9.17, 15) is 0 Å². The van der Waals surface area contributed by atoms with Gasteiger partial charge in [0.15, 0.2) is 0 Å². The van der Waals surface area contributed by atoms with Gasteiger partial charge in [0.05, 0.1) is 5.60 Å². The van der Waals surface area contributed by atoms with Gasteiger partial charge in [-0.05, 0) is 20.3 Å². The van der Waals surface area contributed by atoms with Crippen LogP contribution in [0.4, 0.5) is 0 Å². The lowest BCUT2D eigenvalue weighted by molar-refractivity contribution is -0.0251. The van der Waals surface area contributed by atoms with E-state index >= 15 is 0 Å². The molecule has 0 rings (SSSR count). The Morgan fingerprint density at radius 2 is 2.00 bits per heavy atom. The molecular formula is C9H21NO. The maximum Gasteiger partial charge on any atom is 0.0776 e. The van der Waals surface area contributed by atoms with Gasteiger partial charge < -0.3 is 10.5 Å². The van der Waals surface area contributed by atoms with Gasteiger partial charge in [-0.15, -0.1) is 0 Å².